The van der Waals surface area contributed by atoms with Crippen LogP contribution in [0, 0.1) is 11.3 Å². The number of nitrogens with zero attached hydrogens (tertiary/aromatic N) is 2. The highest BCUT2D eigenvalue weighted by Gasteiger charge is 2.24. The van der Waals surface area contributed by atoms with Crippen molar-refractivity contribution >= 4 is 5.97 Å². The molecule has 0 aliphatic carbocycles. The van der Waals surface area contributed by atoms with Gasteiger partial charge < -0.3 is 15.3 Å². The molecule has 1 aromatic heterocycles. The number of carboxylic acids is 1. The van der Waals surface area contributed by atoms with Crippen LogP contribution in [0.2, 0.25) is 0 Å². The van der Waals surface area contributed by atoms with Crippen molar-refractivity contribution in [1.29, 1.82) is 5.26 Å². The second-order valence-corrected chi connectivity index (χ2v) is 2.76. The van der Waals surface area contributed by atoms with Crippen LogP contribution >= 0.6 is 0 Å². The number of nitriles is 1. The first kappa shape index (κ1) is 11.1. The number of hydrogen-bond acceptors (Lipinski definition) is 5. The molecule has 78 valence electrons. The monoisotopic (exact) mass is 208 g/mol. The molecule has 6 heteroatoms. The van der Waals surface area contributed by atoms with Gasteiger partial charge in [-0.3, -0.25) is 4.98 Å². The van der Waals surface area contributed by atoms with Gasteiger partial charge in [0.2, 0.25) is 0 Å². The Bertz CT molecular complexity index is 413. The summed E-state index contributed by atoms with van der Waals surface area (Å²) in [5, 5.41) is 35.6. The van der Waals surface area contributed by atoms with Gasteiger partial charge in [0.05, 0.1) is 17.3 Å². The minimum absolute atomic E-state index is 0.223. The van der Waals surface area contributed by atoms with E-state index in [0.717, 1.165) is 0 Å². The predicted octanol–water partition coefficient (Wildman–Crippen LogP) is -0.302. The van der Waals surface area contributed by atoms with Crippen LogP contribution in [-0.4, -0.2) is 32.4 Å². The van der Waals surface area contributed by atoms with Crippen LogP contribution in [0.25, 0.3) is 0 Å². The highest BCUT2D eigenvalue weighted by molar-refractivity contribution is 5.88. The fourth-order valence-electron chi connectivity index (χ4n) is 1.05. The maximum absolute atomic E-state index is 10.7. The molecule has 3 N–H and O–H groups in total. The Labute approximate surface area is 85.0 Å². The van der Waals surface area contributed by atoms with Crippen LogP contribution < -0.4 is 0 Å². The third-order valence-corrected chi connectivity index (χ3v) is 1.78. The molecule has 0 aromatic carbocycles. The lowest BCUT2D eigenvalue weighted by molar-refractivity contribution is 0.0470. The van der Waals surface area contributed by atoms with Crippen LogP contribution in [0.1, 0.15) is 22.2 Å². The minimum Gasteiger partial charge on any atom is -0.478 e. The number of hydrogen-bond donors (Lipinski definition) is 3. The van der Waals surface area contributed by atoms with Gasteiger partial charge >= 0.3 is 5.97 Å². The summed E-state index contributed by atoms with van der Waals surface area (Å²) in [6.45, 7) is 0. The quantitative estimate of drug-likeness (QED) is 0.587. The number of aromatic carboxylic acids is 1. The number of aromatic nitrogens is 1. The van der Waals surface area contributed by atoms with Crippen LogP contribution in [0.4, 0.5) is 0 Å². The second kappa shape index (κ2) is 4.50. The van der Waals surface area contributed by atoms with Crippen molar-refractivity contribution in [2.75, 3.05) is 0 Å². The lowest BCUT2D eigenvalue weighted by Gasteiger charge is -2.12. The SMILES string of the molecule is N#CC(O)C(O)c1ncccc1C(=O)O. The molecule has 0 bridgehead atoms. The molecule has 15 heavy (non-hydrogen) atoms. The second-order valence-electron chi connectivity index (χ2n) is 2.76. The third kappa shape index (κ3) is 2.28. The van der Waals surface area contributed by atoms with Gasteiger partial charge in [-0.05, 0) is 12.1 Å². The number of rotatable bonds is 3. The molecule has 6 nitrogen and oxygen atoms in total. The molecular formula is C9H8N2O4. The van der Waals surface area contributed by atoms with E-state index in [9.17, 15) is 9.90 Å². The number of aliphatic hydroxyl groups excluding tert-OH is 2. The lowest BCUT2D eigenvalue weighted by Crippen LogP contribution is -2.20. The van der Waals surface area contributed by atoms with Gasteiger partial charge in [0.25, 0.3) is 0 Å². The zero-order valence-electron chi connectivity index (χ0n) is 7.53. The molecule has 0 aliphatic heterocycles. The van der Waals surface area contributed by atoms with E-state index < -0.39 is 18.2 Å². The molecule has 1 heterocycles. The molecule has 0 radical (unpaired) electrons. The van der Waals surface area contributed by atoms with Gasteiger partial charge in [0.1, 0.15) is 6.10 Å². The molecule has 2 unspecified atom stereocenters. The van der Waals surface area contributed by atoms with Crippen LogP contribution in [0.5, 0.6) is 0 Å². The average molecular weight is 208 g/mol. The Morgan fingerprint density at radius 3 is 2.73 bits per heavy atom. The first-order valence-corrected chi connectivity index (χ1v) is 4.02. The van der Waals surface area contributed by atoms with E-state index in [0.29, 0.717) is 0 Å². The van der Waals surface area contributed by atoms with Crippen molar-refractivity contribution in [1.82, 2.24) is 4.98 Å². The largest absolute Gasteiger partial charge is 0.478 e. The van der Waals surface area contributed by atoms with Gasteiger partial charge in [0.15, 0.2) is 6.10 Å². The molecule has 2 atom stereocenters. The number of carbonyl (C=O) groups is 1. The lowest BCUT2D eigenvalue weighted by atomic mass is 10.1. The Balaban J connectivity index is 3.14. The normalized spacial score (nSPS) is 13.9. The van der Waals surface area contributed by atoms with Crippen molar-refractivity contribution < 1.29 is 20.1 Å². The molecule has 0 saturated carbocycles. The van der Waals surface area contributed by atoms with E-state index in [4.69, 9.17) is 15.5 Å². The summed E-state index contributed by atoms with van der Waals surface area (Å²) >= 11 is 0. The number of carboxylic acid groups (broad SMARTS) is 1. The Morgan fingerprint density at radius 2 is 2.20 bits per heavy atom. The van der Waals surface area contributed by atoms with Gasteiger partial charge in [0, 0.05) is 6.20 Å². The Hall–Kier alpha value is -1.97. The van der Waals surface area contributed by atoms with Crippen LogP contribution in [0.3, 0.4) is 0 Å². The van der Waals surface area contributed by atoms with E-state index in [1.54, 1.807) is 0 Å². The van der Waals surface area contributed by atoms with Gasteiger partial charge in [-0.1, -0.05) is 0 Å². The minimum atomic E-state index is -1.70. The number of aliphatic hydroxyl groups is 2. The molecular weight excluding hydrogens is 200 g/mol. The summed E-state index contributed by atoms with van der Waals surface area (Å²) in [7, 11) is 0. The fraction of sp³-hybridized carbons (Fsp3) is 0.222. The summed E-state index contributed by atoms with van der Waals surface area (Å²) in [5.41, 5.74) is -0.460. The number of pyridine rings is 1. The van der Waals surface area contributed by atoms with E-state index in [2.05, 4.69) is 4.98 Å². The zero-order valence-corrected chi connectivity index (χ0v) is 7.53. The van der Waals surface area contributed by atoms with Crippen molar-refractivity contribution in [2.45, 2.75) is 12.2 Å². The first-order chi connectivity index (χ1) is 7.07. The predicted molar refractivity (Wildman–Crippen MR) is 47.8 cm³/mol. The van der Waals surface area contributed by atoms with E-state index in [1.165, 1.54) is 24.4 Å². The molecule has 0 fully saturated rings. The molecule has 0 spiro atoms. The standard InChI is InChI=1S/C9H8N2O4/c10-4-6(12)8(13)7-5(9(14)15)2-1-3-11-7/h1-3,6,8,12-13H,(H,14,15). The topological polar surface area (TPSA) is 114 Å². The summed E-state index contributed by atoms with van der Waals surface area (Å²) in [6, 6.07) is 4.02. The van der Waals surface area contributed by atoms with Gasteiger partial charge in [-0.25, -0.2) is 4.79 Å². The van der Waals surface area contributed by atoms with E-state index in [-0.39, 0.29) is 11.3 Å². The molecule has 0 amide bonds. The Morgan fingerprint density at radius 1 is 1.53 bits per heavy atom. The molecule has 1 rings (SSSR count). The first-order valence-electron chi connectivity index (χ1n) is 4.02. The third-order valence-electron chi connectivity index (χ3n) is 1.78. The molecule has 0 aliphatic rings. The smallest absolute Gasteiger partial charge is 0.337 e. The summed E-state index contributed by atoms with van der Waals surface area (Å²) in [5.74, 6) is -1.28. The van der Waals surface area contributed by atoms with Crippen molar-refractivity contribution in [2.24, 2.45) is 0 Å². The van der Waals surface area contributed by atoms with Gasteiger partial charge in [-0.15, -0.1) is 0 Å². The Kier molecular flexibility index (Phi) is 3.33. The van der Waals surface area contributed by atoms with Crippen molar-refractivity contribution in [3.05, 3.63) is 29.6 Å². The highest BCUT2D eigenvalue weighted by atomic mass is 16.4. The van der Waals surface area contributed by atoms with Gasteiger partial charge in [-0.2, -0.15) is 5.26 Å². The zero-order chi connectivity index (χ0) is 11.4. The van der Waals surface area contributed by atoms with Crippen LogP contribution in [-0.2, 0) is 0 Å². The van der Waals surface area contributed by atoms with Crippen LogP contribution in [0.15, 0.2) is 18.3 Å². The van der Waals surface area contributed by atoms with Crippen molar-refractivity contribution in [3.63, 3.8) is 0 Å². The average Bonchev–Trinajstić information content (AvgIpc) is 2.27. The molecule has 0 saturated heterocycles. The van der Waals surface area contributed by atoms with E-state index in [1.807, 2.05) is 0 Å². The highest BCUT2D eigenvalue weighted by Crippen LogP contribution is 2.18. The van der Waals surface area contributed by atoms with Crippen molar-refractivity contribution in [3.8, 4) is 6.07 Å². The molecule has 1 aromatic rings. The maximum atomic E-state index is 10.7. The summed E-state index contributed by atoms with van der Waals surface area (Å²) in [6.07, 6.45) is -2.05. The van der Waals surface area contributed by atoms with E-state index >= 15 is 0 Å². The summed E-state index contributed by atoms with van der Waals surface area (Å²) in [4.78, 5) is 14.3. The maximum Gasteiger partial charge on any atom is 0.337 e. The summed E-state index contributed by atoms with van der Waals surface area (Å²) < 4.78 is 0. The fourth-order valence-corrected chi connectivity index (χ4v) is 1.05.